The van der Waals surface area contributed by atoms with Crippen molar-refractivity contribution in [2.45, 2.75) is 0 Å². The molecule has 0 unspecified atom stereocenters. The van der Waals surface area contributed by atoms with E-state index in [1.54, 1.807) is 24.3 Å². The first-order chi connectivity index (χ1) is 5.93. The van der Waals surface area contributed by atoms with Gasteiger partial charge in [-0.1, -0.05) is 12.1 Å². The molecule has 4 nitrogen and oxygen atoms in total. The molecule has 0 radical (unpaired) electrons. The van der Waals surface area contributed by atoms with Crippen molar-refractivity contribution in [2.75, 3.05) is 10.7 Å². The van der Waals surface area contributed by atoms with Gasteiger partial charge in [-0.05, 0) is 28.1 Å². The van der Waals surface area contributed by atoms with E-state index in [2.05, 4.69) is 15.9 Å². The number of halogens is 1. The first-order valence-electron chi connectivity index (χ1n) is 3.42. The minimum atomic E-state index is -3.40. The largest absolute Gasteiger partial charge is 0.245 e. The third-order valence-electron chi connectivity index (χ3n) is 1.45. The molecule has 13 heavy (non-hydrogen) atoms. The van der Waals surface area contributed by atoms with Gasteiger partial charge in [-0.2, -0.15) is 0 Å². The van der Waals surface area contributed by atoms with Gasteiger partial charge >= 0.3 is 0 Å². The maximum atomic E-state index is 11.1. The number of anilines is 1. The minimum absolute atomic E-state index is 0.421. The molecule has 0 heterocycles. The van der Waals surface area contributed by atoms with Crippen LogP contribution in [-0.2, 0) is 10.0 Å². The van der Waals surface area contributed by atoms with Crippen LogP contribution >= 0.6 is 15.9 Å². The van der Waals surface area contributed by atoms with Crippen LogP contribution in [0.3, 0.4) is 0 Å². The summed E-state index contributed by atoms with van der Waals surface area (Å²) in [6, 6.07) is 6.83. The van der Waals surface area contributed by atoms with Crippen LogP contribution in [0, 0.1) is 0 Å². The van der Waals surface area contributed by atoms with Crippen LogP contribution in [0.5, 0.6) is 0 Å². The number of hydrogen-bond donors (Lipinski definition) is 1. The maximum absolute atomic E-state index is 11.1. The highest BCUT2D eigenvalue weighted by atomic mass is 79.9. The zero-order valence-corrected chi connectivity index (χ0v) is 9.34. The first kappa shape index (κ1) is 10.5. The summed E-state index contributed by atoms with van der Waals surface area (Å²) in [6.45, 7) is 0. The molecule has 0 aromatic heterocycles. The standard InChI is InChI=1S/C7H9BrN2O2S/c1-13(11,12)10(9)7-5-3-2-4-6(7)8/h2-5H,9H2,1H3. The van der Waals surface area contributed by atoms with Gasteiger partial charge in [-0.15, -0.1) is 0 Å². The van der Waals surface area contributed by atoms with Gasteiger partial charge in [0, 0.05) is 4.47 Å². The molecule has 2 N–H and O–H groups in total. The van der Waals surface area contributed by atoms with Crippen LogP contribution < -0.4 is 10.3 Å². The van der Waals surface area contributed by atoms with Crippen LogP contribution in [0.2, 0.25) is 0 Å². The minimum Gasteiger partial charge on any atom is -0.233 e. The number of nitrogens with zero attached hydrogens (tertiary/aromatic N) is 1. The number of rotatable bonds is 2. The van der Waals surface area contributed by atoms with Crippen molar-refractivity contribution in [3.8, 4) is 0 Å². The second kappa shape index (κ2) is 3.65. The summed E-state index contributed by atoms with van der Waals surface area (Å²) in [6.07, 6.45) is 1.05. The molecule has 0 saturated heterocycles. The number of benzene rings is 1. The lowest BCUT2D eigenvalue weighted by molar-refractivity contribution is 0.598. The zero-order chi connectivity index (χ0) is 10.1. The van der Waals surface area contributed by atoms with Crippen LogP contribution in [-0.4, -0.2) is 14.7 Å². The number of nitrogens with two attached hydrogens (primary N) is 1. The molecule has 0 aliphatic rings. The molecular formula is C7H9BrN2O2S. The van der Waals surface area contributed by atoms with E-state index in [0.717, 1.165) is 10.7 Å². The van der Waals surface area contributed by atoms with Gasteiger partial charge in [-0.25, -0.2) is 18.7 Å². The summed E-state index contributed by atoms with van der Waals surface area (Å²) < 4.78 is 23.5. The highest BCUT2D eigenvalue weighted by Gasteiger charge is 2.14. The van der Waals surface area contributed by atoms with E-state index >= 15 is 0 Å². The lowest BCUT2D eigenvalue weighted by Gasteiger charge is -2.16. The Morgan fingerprint density at radius 2 is 1.92 bits per heavy atom. The van der Waals surface area contributed by atoms with Crippen LogP contribution in [0.1, 0.15) is 0 Å². The number of hydrazine groups is 1. The molecule has 0 aliphatic carbocycles. The first-order valence-corrected chi connectivity index (χ1v) is 6.06. The molecule has 0 atom stereocenters. The van der Waals surface area contributed by atoms with Crippen LogP contribution in [0.15, 0.2) is 28.7 Å². The number of sulfonamides is 1. The quantitative estimate of drug-likeness (QED) is 0.643. The molecule has 1 aromatic rings. The Balaban J connectivity index is 3.17. The van der Waals surface area contributed by atoms with Gasteiger partial charge in [0.1, 0.15) is 0 Å². The second-order valence-electron chi connectivity index (χ2n) is 2.51. The molecule has 0 saturated carbocycles. The fourth-order valence-corrected chi connectivity index (χ4v) is 1.92. The number of hydrogen-bond acceptors (Lipinski definition) is 3. The molecule has 6 heteroatoms. The Kier molecular flexibility index (Phi) is 2.94. The topological polar surface area (TPSA) is 63.4 Å². The fraction of sp³-hybridized carbons (Fsp3) is 0.143. The average molecular weight is 265 g/mol. The molecule has 72 valence electrons. The van der Waals surface area contributed by atoms with Gasteiger partial charge in [0.25, 0.3) is 0 Å². The Hall–Kier alpha value is -0.590. The Morgan fingerprint density at radius 3 is 2.38 bits per heavy atom. The summed E-state index contributed by atoms with van der Waals surface area (Å²) >= 11 is 3.20. The van der Waals surface area contributed by atoms with Crippen molar-refractivity contribution in [3.05, 3.63) is 28.7 Å². The Bertz CT molecular complexity index is 405. The third-order valence-corrected chi connectivity index (χ3v) is 3.03. The van der Waals surface area contributed by atoms with E-state index in [-0.39, 0.29) is 0 Å². The SMILES string of the molecule is CS(=O)(=O)N(N)c1ccccc1Br. The van der Waals surface area contributed by atoms with Crippen LogP contribution in [0.25, 0.3) is 0 Å². The molecule has 0 amide bonds. The predicted molar refractivity (Wildman–Crippen MR) is 55.7 cm³/mol. The lowest BCUT2D eigenvalue weighted by atomic mass is 10.3. The highest BCUT2D eigenvalue weighted by Crippen LogP contribution is 2.24. The number of para-hydroxylation sites is 1. The van der Waals surface area contributed by atoms with E-state index in [9.17, 15) is 8.42 Å². The van der Waals surface area contributed by atoms with Gasteiger partial charge in [0.05, 0.1) is 11.9 Å². The van der Waals surface area contributed by atoms with E-state index < -0.39 is 10.0 Å². The average Bonchev–Trinajstić information content (AvgIpc) is 2.02. The highest BCUT2D eigenvalue weighted by molar-refractivity contribution is 9.10. The predicted octanol–water partition coefficient (Wildman–Crippen LogP) is 1.09. The molecule has 1 aromatic carbocycles. The van der Waals surface area contributed by atoms with Crippen molar-refractivity contribution >= 4 is 31.6 Å². The van der Waals surface area contributed by atoms with Crippen molar-refractivity contribution in [1.82, 2.24) is 0 Å². The van der Waals surface area contributed by atoms with E-state index in [4.69, 9.17) is 5.84 Å². The summed E-state index contributed by atoms with van der Waals surface area (Å²) in [7, 11) is -3.40. The summed E-state index contributed by atoms with van der Waals surface area (Å²) in [4.78, 5) is 0. The Morgan fingerprint density at radius 1 is 1.38 bits per heavy atom. The summed E-state index contributed by atoms with van der Waals surface area (Å²) in [5.74, 6) is 5.39. The second-order valence-corrected chi connectivity index (χ2v) is 5.22. The van der Waals surface area contributed by atoms with Crippen LogP contribution in [0.4, 0.5) is 5.69 Å². The molecule has 0 spiro atoms. The van der Waals surface area contributed by atoms with Gasteiger partial charge in [-0.3, -0.25) is 0 Å². The van der Waals surface area contributed by atoms with E-state index in [1.165, 1.54) is 0 Å². The van der Waals surface area contributed by atoms with Gasteiger partial charge in [0.2, 0.25) is 10.0 Å². The lowest BCUT2D eigenvalue weighted by Crippen LogP contribution is -2.36. The monoisotopic (exact) mass is 264 g/mol. The third kappa shape index (κ3) is 2.43. The molecule has 0 bridgehead atoms. The van der Waals surface area contributed by atoms with Crippen molar-refractivity contribution in [1.29, 1.82) is 0 Å². The maximum Gasteiger partial charge on any atom is 0.245 e. The molecule has 1 rings (SSSR count). The zero-order valence-electron chi connectivity index (χ0n) is 6.94. The Labute approximate surface area is 85.5 Å². The summed E-state index contributed by atoms with van der Waals surface area (Å²) in [5, 5.41) is 0. The van der Waals surface area contributed by atoms with Crippen molar-refractivity contribution in [2.24, 2.45) is 5.84 Å². The molecule has 0 aliphatic heterocycles. The van der Waals surface area contributed by atoms with Gasteiger partial charge in [0.15, 0.2) is 0 Å². The molecular weight excluding hydrogens is 256 g/mol. The van der Waals surface area contributed by atoms with E-state index in [1.807, 2.05) is 0 Å². The summed E-state index contributed by atoms with van der Waals surface area (Å²) in [5.41, 5.74) is 0.421. The normalized spacial score (nSPS) is 11.3. The fourth-order valence-electron chi connectivity index (χ4n) is 0.809. The molecule has 0 fully saturated rings. The van der Waals surface area contributed by atoms with Crippen molar-refractivity contribution < 1.29 is 8.42 Å². The smallest absolute Gasteiger partial charge is 0.233 e. The van der Waals surface area contributed by atoms with Gasteiger partial charge < -0.3 is 0 Å². The van der Waals surface area contributed by atoms with Crippen molar-refractivity contribution in [3.63, 3.8) is 0 Å². The van der Waals surface area contributed by atoms with E-state index in [0.29, 0.717) is 10.2 Å².